The van der Waals surface area contributed by atoms with Crippen LogP contribution in [0.2, 0.25) is 0 Å². The molecule has 1 aromatic carbocycles. The first-order chi connectivity index (χ1) is 7.86. The Bertz CT molecular complexity index is 230. The van der Waals surface area contributed by atoms with Gasteiger partial charge in [-0.3, -0.25) is 0 Å². The lowest BCUT2D eigenvalue weighted by atomic mass is 10.3. The standard InChI is InChI=1S/C9H10O2.C3H8.C2H6/c1-2-4-8(5-3-1)10-6-9-7-11-9;1-3-2;1-2/h1-5,9H,6-7H2;3H2,1-2H3;1-2H3. The molecule has 1 unspecified atom stereocenters. The van der Waals surface area contributed by atoms with E-state index in [4.69, 9.17) is 9.47 Å². The van der Waals surface area contributed by atoms with Crippen LogP contribution in [-0.4, -0.2) is 19.3 Å². The summed E-state index contributed by atoms with van der Waals surface area (Å²) >= 11 is 0. The zero-order chi connectivity index (χ0) is 12.2. The molecular weight excluding hydrogens is 200 g/mol. The highest BCUT2D eigenvalue weighted by atomic mass is 16.6. The summed E-state index contributed by atoms with van der Waals surface area (Å²) in [5, 5.41) is 0. The van der Waals surface area contributed by atoms with Crippen LogP contribution in [0.1, 0.15) is 34.1 Å². The minimum absolute atomic E-state index is 0.343. The van der Waals surface area contributed by atoms with Crippen molar-refractivity contribution in [3.05, 3.63) is 30.3 Å². The van der Waals surface area contributed by atoms with Crippen molar-refractivity contribution in [1.82, 2.24) is 0 Å². The molecule has 2 heteroatoms. The van der Waals surface area contributed by atoms with Crippen molar-refractivity contribution in [2.45, 2.75) is 40.2 Å². The fraction of sp³-hybridized carbons (Fsp3) is 0.571. The molecule has 16 heavy (non-hydrogen) atoms. The molecule has 1 saturated heterocycles. The largest absolute Gasteiger partial charge is 0.491 e. The summed E-state index contributed by atoms with van der Waals surface area (Å²) < 4.78 is 10.4. The predicted octanol–water partition coefficient (Wildman–Crippen LogP) is 3.91. The lowest BCUT2D eigenvalue weighted by molar-refractivity contribution is 0.263. The average Bonchev–Trinajstić information content (AvgIpc) is 3.15. The lowest BCUT2D eigenvalue weighted by Gasteiger charge is -2.01. The number of epoxide rings is 1. The van der Waals surface area contributed by atoms with E-state index in [2.05, 4.69) is 13.8 Å². The predicted molar refractivity (Wildman–Crippen MR) is 69.0 cm³/mol. The van der Waals surface area contributed by atoms with Gasteiger partial charge in [-0.1, -0.05) is 52.3 Å². The van der Waals surface area contributed by atoms with Crippen molar-refractivity contribution in [3.8, 4) is 5.75 Å². The van der Waals surface area contributed by atoms with E-state index >= 15 is 0 Å². The number of benzene rings is 1. The molecule has 0 N–H and O–H groups in total. The first kappa shape index (κ1) is 15.0. The van der Waals surface area contributed by atoms with Crippen LogP contribution in [0, 0.1) is 0 Å². The SMILES string of the molecule is CC.CCC.c1ccc(OCC2CO2)cc1. The molecule has 2 rings (SSSR count). The topological polar surface area (TPSA) is 21.8 Å². The summed E-state index contributed by atoms with van der Waals surface area (Å²) in [6.45, 7) is 9.79. The summed E-state index contributed by atoms with van der Waals surface area (Å²) in [6, 6.07) is 9.79. The Labute approximate surface area is 99.6 Å². The van der Waals surface area contributed by atoms with Gasteiger partial charge in [-0.15, -0.1) is 0 Å². The van der Waals surface area contributed by atoms with E-state index in [1.807, 2.05) is 44.2 Å². The Morgan fingerprint density at radius 2 is 1.69 bits per heavy atom. The summed E-state index contributed by atoms with van der Waals surface area (Å²) in [7, 11) is 0. The Balaban J connectivity index is 0.000000394. The number of hydrogen-bond acceptors (Lipinski definition) is 2. The molecule has 1 aliphatic rings. The van der Waals surface area contributed by atoms with Crippen molar-refractivity contribution < 1.29 is 9.47 Å². The van der Waals surface area contributed by atoms with Crippen molar-refractivity contribution in [2.75, 3.05) is 13.2 Å². The Morgan fingerprint density at radius 3 is 2.12 bits per heavy atom. The van der Waals surface area contributed by atoms with E-state index in [1.54, 1.807) is 0 Å². The van der Waals surface area contributed by atoms with Crippen LogP contribution in [0.4, 0.5) is 0 Å². The monoisotopic (exact) mass is 224 g/mol. The van der Waals surface area contributed by atoms with E-state index in [1.165, 1.54) is 6.42 Å². The molecule has 1 aromatic rings. The summed E-state index contributed by atoms with van der Waals surface area (Å²) in [4.78, 5) is 0. The second kappa shape index (κ2) is 10.5. The highest BCUT2D eigenvalue weighted by Crippen LogP contribution is 2.13. The maximum atomic E-state index is 5.40. The molecule has 1 atom stereocenters. The second-order valence-electron chi connectivity index (χ2n) is 3.29. The highest BCUT2D eigenvalue weighted by molar-refractivity contribution is 5.20. The van der Waals surface area contributed by atoms with E-state index in [-0.39, 0.29) is 0 Å². The normalized spacial score (nSPS) is 16.1. The summed E-state index contributed by atoms with van der Waals surface area (Å²) in [6.07, 6.45) is 1.59. The highest BCUT2D eigenvalue weighted by Gasteiger charge is 2.22. The molecule has 0 bridgehead atoms. The van der Waals surface area contributed by atoms with Gasteiger partial charge in [0.2, 0.25) is 0 Å². The molecule has 0 aliphatic carbocycles. The Morgan fingerprint density at radius 1 is 1.19 bits per heavy atom. The number of para-hydroxylation sites is 1. The van der Waals surface area contributed by atoms with Crippen LogP contribution in [0.25, 0.3) is 0 Å². The fourth-order valence-electron chi connectivity index (χ4n) is 0.870. The minimum Gasteiger partial charge on any atom is -0.491 e. The van der Waals surface area contributed by atoms with Crippen LogP contribution in [0.5, 0.6) is 5.75 Å². The van der Waals surface area contributed by atoms with Crippen LogP contribution in [0.15, 0.2) is 30.3 Å². The van der Waals surface area contributed by atoms with Crippen molar-refractivity contribution in [2.24, 2.45) is 0 Å². The van der Waals surface area contributed by atoms with E-state index in [9.17, 15) is 0 Å². The minimum atomic E-state index is 0.343. The van der Waals surface area contributed by atoms with Gasteiger partial charge in [0.25, 0.3) is 0 Å². The van der Waals surface area contributed by atoms with Gasteiger partial charge in [0.15, 0.2) is 0 Å². The quantitative estimate of drug-likeness (QED) is 0.726. The van der Waals surface area contributed by atoms with E-state index in [0.29, 0.717) is 12.7 Å². The number of ether oxygens (including phenoxy) is 2. The van der Waals surface area contributed by atoms with Gasteiger partial charge in [0.1, 0.15) is 18.5 Å². The van der Waals surface area contributed by atoms with Crippen LogP contribution in [0.3, 0.4) is 0 Å². The van der Waals surface area contributed by atoms with Gasteiger partial charge in [-0.05, 0) is 12.1 Å². The molecule has 0 radical (unpaired) electrons. The molecule has 1 aliphatic heterocycles. The molecule has 0 saturated carbocycles. The number of rotatable bonds is 3. The molecule has 2 nitrogen and oxygen atoms in total. The summed E-state index contributed by atoms with van der Waals surface area (Å²) in [5.41, 5.74) is 0. The van der Waals surface area contributed by atoms with Crippen molar-refractivity contribution in [1.29, 1.82) is 0 Å². The van der Waals surface area contributed by atoms with E-state index in [0.717, 1.165) is 12.4 Å². The summed E-state index contributed by atoms with van der Waals surface area (Å²) in [5.74, 6) is 0.919. The third-order valence-corrected chi connectivity index (χ3v) is 1.58. The molecule has 1 fully saturated rings. The van der Waals surface area contributed by atoms with Crippen molar-refractivity contribution >= 4 is 0 Å². The van der Waals surface area contributed by atoms with Gasteiger partial charge in [-0.2, -0.15) is 0 Å². The average molecular weight is 224 g/mol. The molecule has 0 aromatic heterocycles. The van der Waals surface area contributed by atoms with Gasteiger partial charge < -0.3 is 9.47 Å². The second-order valence-corrected chi connectivity index (χ2v) is 3.29. The van der Waals surface area contributed by atoms with Crippen molar-refractivity contribution in [3.63, 3.8) is 0 Å². The number of hydrogen-bond donors (Lipinski definition) is 0. The fourth-order valence-corrected chi connectivity index (χ4v) is 0.870. The smallest absolute Gasteiger partial charge is 0.119 e. The third kappa shape index (κ3) is 8.30. The van der Waals surface area contributed by atoms with Crippen LogP contribution >= 0.6 is 0 Å². The zero-order valence-corrected chi connectivity index (χ0v) is 10.9. The Hall–Kier alpha value is -1.02. The van der Waals surface area contributed by atoms with Crippen LogP contribution < -0.4 is 4.74 Å². The maximum absolute atomic E-state index is 5.40. The van der Waals surface area contributed by atoms with Gasteiger partial charge in [0.05, 0.1) is 6.61 Å². The molecule has 0 amide bonds. The van der Waals surface area contributed by atoms with Gasteiger partial charge in [-0.25, -0.2) is 0 Å². The maximum Gasteiger partial charge on any atom is 0.119 e. The van der Waals surface area contributed by atoms with E-state index < -0.39 is 0 Å². The molecule has 1 heterocycles. The molecule has 92 valence electrons. The lowest BCUT2D eigenvalue weighted by Crippen LogP contribution is -2.03. The first-order valence-corrected chi connectivity index (χ1v) is 6.16. The van der Waals surface area contributed by atoms with Gasteiger partial charge >= 0.3 is 0 Å². The third-order valence-electron chi connectivity index (χ3n) is 1.58. The zero-order valence-electron chi connectivity index (χ0n) is 10.9. The van der Waals surface area contributed by atoms with Gasteiger partial charge in [0, 0.05) is 0 Å². The first-order valence-electron chi connectivity index (χ1n) is 6.16. The van der Waals surface area contributed by atoms with Crippen LogP contribution in [-0.2, 0) is 4.74 Å². The molecular formula is C14H24O2. The molecule has 0 spiro atoms. The Kier molecular flexibility index (Phi) is 9.83.